The summed E-state index contributed by atoms with van der Waals surface area (Å²) in [7, 11) is 2.37. The molecule has 3 heterocycles. The third-order valence-corrected chi connectivity index (χ3v) is 7.05. The van der Waals surface area contributed by atoms with Gasteiger partial charge in [0.15, 0.2) is 0 Å². The fraction of sp³-hybridized carbons (Fsp3) is 0.714. The summed E-state index contributed by atoms with van der Waals surface area (Å²) in [6.45, 7) is 4.19. The van der Waals surface area contributed by atoms with Gasteiger partial charge in [0, 0.05) is 18.8 Å². The van der Waals surface area contributed by atoms with E-state index in [4.69, 9.17) is 4.74 Å². The predicted octanol–water partition coefficient (Wildman–Crippen LogP) is 0.324. The Morgan fingerprint density at radius 3 is 2.32 bits per heavy atom. The minimum absolute atomic E-state index is 0. The summed E-state index contributed by atoms with van der Waals surface area (Å²) in [5, 5.41) is 11.6. The van der Waals surface area contributed by atoms with Gasteiger partial charge in [0.25, 0.3) is 0 Å². The van der Waals surface area contributed by atoms with Crippen LogP contribution >= 0.6 is 0 Å². The molecule has 25 heavy (non-hydrogen) atoms. The van der Waals surface area contributed by atoms with Gasteiger partial charge in [-0.1, -0.05) is 43.2 Å². The molecule has 4 fully saturated rings. The maximum atomic E-state index is 11.6. The highest BCUT2D eigenvalue weighted by Crippen LogP contribution is 2.42. The lowest BCUT2D eigenvalue weighted by Crippen LogP contribution is -3.00. The lowest BCUT2D eigenvalue weighted by atomic mass is 9.80. The van der Waals surface area contributed by atoms with E-state index in [0.717, 1.165) is 29.4 Å². The van der Waals surface area contributed by atoms with Crippen molar-refractivity contribution in [2.75, 3.05) is 33.3 Å². The van der Waals surface area contributed by atoms with E-state index in [1.54, 1.807) is 0 Å². The average Bonchev–Trinajstić information content (AvgIpc) is 3.16. The smallest absolute Gasteiger partial charge is 0.116 e. The van der Waals surface area contributed by atoms with E-state index in [1.165, 1.54) is 38.8 Å². The van der Waals surface area contributed by atoms with Gasteiger partial charge in [-0.2, -0.15) is 0 Å². The van der Waals surface area contributed by atoms with Crippen LogP contribution in [0.1, 0.15) is 44.1 Å². The molecule has 0 radical (unpaired) electrons. The van der Waals surface area contributed by atoms with Crippen molar-refractivity contribution in [1.82, 2.24) is 0 Å². The fourth-order valence-corrected chi connectivity index (χ4v) is 5.34. The van der Waals surface area contributed by atoms with Crippen LogP contribution in [0.3, 0.4) is 0 Å². The van der Waals surface area contributed by atoms with Crippen LogP contribution < -0.4 is 17.0 Å². The molecule has 5 rings (SSSR count). The van der Waals surface area contributed by atoms with Gasteiger partial charge in [0.2, 0.25) is 0 Å². The highest BCUT2D eigenvalue weighted by Gasteiger charge is 2.46. The third kappa shape index (κ3) is 3.83. The fourth-order valence-electron chi connectivity index (χ4n) is 5.34. The number of rotatable bonds is 5. The van der Waals surface area contributed by atoms with Crippen molar-refractivity contribution in [3.63, 3.8) is 0 Å². The minimum Gasteiger partial charge on any atom is -1.00 e. The number of hydrogen-bond acceptors (Lipinski definition) is 2. The summed E-state index contributed by atoms with van der Waals surface area (Å²) in [6.07, 6.45) is 7.62. The van der Waals surface area contributed by atoms with Gasteiger partial charge < -0.3 is 31.3 Å². The molecule has 4 aliphatic rings. The minimum atomic E-state index is -0.817. The first-order valence-corrected chi connectivity index (χ1v) is 9.82. The van der Waals surface area contributed by atoms with Crippen molar-refractivity contribution < 1.29 is 31.3 Å². The van der Waals surface area contributed by atoms with Gasteiger partial charge in [-0.3, -0.25) is 0 Å². The zero-order valence-electron chi connectivity index (χ0n) is 15.4. The Kier molecular flexibility index (Phi) is 5.94. The Morgan fingerprint density at radius 1 is 1.08 bits per heavy atom. The number of fused-ring (bicyclic) bond motifs is 3. The Hall–Kier alpha value is -0.420. The number of likely N-dealkylation sites (N-methyl/N-ethyl adjacent to an activating group) is 1. The zero-order chi connectivity index (χ0) is 16.6. The summed E-state index contributed by atoms with van der Waals surface area (Å²) in [4.78, 5) is 0. The van der Waals surface area contributed by atoms with Crippen molar-refractivity contribution in [3.8, 4) is 0 Å². The topological polar surface area (TPSA) is 29.5 Å². The first-order chi connectivity index (χ1) is 11.6. The molecule has 1 aliphatic carbocycles. The van der Waals surface area contributed by atoms with Gasteiger partial charge >= 0.3 is 0 Å². The second kappa shape index (κ2) is 7.67. The van der Waals surface area contributed by atoms with Crippen molar-refractivity contribution >= 4 is 0 Å². The molecular weight excluding hydrogens is 378 g/mol. The van der Waals surface area contributed by atoms with Crippen LogP contribution in [-0.4, -0.2) is 49.0 Å². The van der Waals surface area contributed by atoms with Crippen LogP contribution in [0.4, 0.5) is 0 Å². The molecular formula is C21H32BrNO2. The molecule has 0 spiro atoms. The SMILES string of the molecule is C[N+]12CCC(CC1)[C@H](OC[C@@](O)(c1ccccc1)C1CCCC1)C2.[Br-]. The molecule has 0 amide bonds. The van der Waals surface area contributed by atoms with Crippen molar-refractivity contribution in [2.24, 2.45) is 11.8 Å². The van der Waals surface area contributed by atoms with Crippen molar-refractivity contribution in [1.29, 1.82) is 0 Å². The molecule has 140 valence electrons. The summed E-state index contributed by atoms with van der Waals surface area (Å²) >= 11 is 0. The summed E-state index contributed by atoms with van der Waals surface area (Å²) in [6, 6.07) is 10.3. The average molecular weight is 410 g/mol. The van der Waals surface area contributed by atoms with E-state index >= 15 is 0 Å². The molecule has 0 unspecified atom stereocenters. The Balaban J connectivity index is 0.00000182. The van der Waals surface area contributed by atoms with E-state index in [1.807, 2.05) is 18.2 Å². The number of piperidine rings is 3. The van der Waals surface area contributed by atoms with E-state index in [0.29, 0.717) is 24.5 Å². The van der Waals surface area contributed by atoms with Crippen LogP contribution in [0.5, 0.6) is 0 Å². The maximum absolute atomic E-state index is 11.6. The molecule has 0 aromatic heterocycles. The molecule has 3 saturated heterocycles. The van der Waals surface area contributed by atoms with Crippen LogP contribution in [-0.2, 0) is 10.3 Å². The zero-order valence-corrected chi connectivity index (χ0v) is 17.0. The predicted molar refractivity (Wildman–Crippen MR) is 95.5 cm³/mol. The first-order valence-electron chi connectivity index (χ1n) is 9.82. The molecule has 4 heteroatoms. The largest absolute Gasteiger partial charge is 1.00 e. The van der Waals surface area contributed by atoms with Crippen molar-refractivity contribution in [3.05, 3.63) is 35.9 Å². The third-order valence-electron chi connectivity index (χ3n) is 7.05. The Bertz CT molecular complexity index is 552. The van der Waals surface area contributed by atoms with E-state index in [2.05, 4.69) is 19.2 Å². The second-order valence-electron chi connectivity index (χ2n) is 8.71. The van der Waals surface area contributed by atoms with Gasteiger partial charge in [-0.05, 0) is 24.3 Å². The monoisotopic (exact) mass is 409 g/mol. The first kappa shape index (κ1) is 19.3. The van der Waals surface area contributed by atoms with E-state index in [9.17, 15) is 5.11 Å². The number of hydrogen-bond donors (Lipinski definition) is 1. The second-order valence-corrected chi connectivity index (χ2v) is 8.71. The Labute approximate surface area is 162 Å². The number of quaternary nitrogens is 1. The van der Waals surface area contributed by atoms with Gasteiger partial charge in [-0.15, -0.1) is 0 Å². The molecule has 1 saturated carbocycles. The van der Waals surface area contributed by atoms with Gasteiger partial charge in [-0.25, -0.2) is 0 Å². The van der Waals surface area contributed by atoms with E-state index in [-0.39, 0.29) is 17.0 Å². The number of benzene rings is 1. The summed E-state index contributed by atoms with van der Waals surface area (Å²) in [5.41, 5.74) is 0.223. The quantitative estimate of drug-likeness (QED) is 0.709. The van der Waals surface area contributed by atoms with Gasteiger partial charge in [0.05, 0.1) is 26.7 Å². The lowest BCUT2D eigenvalue weighted by Gasteiger charge is -2.50. The normalized spacial score (nSPS) is 34.5. The highest BCUT2D eigenvalue weighted by atomic mass is 79.9. The Morgan fingerprint density at radius 2 is 1.72 bits per heavy atom. The van der Waals surface area contributed by atoms with Gasteiger partial charge in [0.1, 0.15) is 18.2 Å². The molecule has 1 aromatic carbocycles. The van der Waals surface area contributed by atoms with E-state index < -0.39 is 5.60 Å². The number of aliphatic hydroxyl groups is 1. The molecule has 2 atom stereocenters. The van der Waals surface area contributed by atoms with Crippen LogP contribution in [0.2, 0.25) is 0 Å². The molecule has 1 N–H and O–H groups in total. The van der Waals surface area contributed by atoms with Crippen molar-refractivity contribution in [2.45, 2.75) is 50.2 Å². The molecule has 3 nitrogen and oxygen atoms in total. The summed E-state index contributed by atoms with van der Waals surface area (Å²) < 4.78 is 7.61. The number of nitrogens with zero attached hydrogens (tertiary/aromatic N) is 1. The number of halogens is 1. The number of ether oxygens (including phenoxy) is 1. The maximum Gasteiger partial charge on any atom is 0.116 e. The molecule has 3 aliphatic heterocycles. The summed E-state index contributed by atoms with van der Waals surface area (Å²) in [5.74, 6) is 1.04. The standard InChI is InChI=1S/C21H32NO2.BrH/c1-22-13-11-17(12-14-22)20(15-22)24-16-21(23,19-9-5-6-10-19)18-7-3-2-4-8-18;/h2-4,7-8,17,19-20,23H,5-6,9-16H2,1H3;1H/q+1;/p-1/t17?,20-,21-,22?;/m1./s1. The van der Waals surface area contributed by atoms with Crippen LogP contribution in [0.15, 0.2) is 30.3 Å². The molecule has 2 bridgehead atoms. The lowest BCUT2D eigenvalue weighted by molar-refractivity contribution is -0.928. The van der Waals surface area contributed by atoms with Crippen LogP contribution in [0.25, 0.3) is 0 Å². The molecule has 1 aromatic rings. The van der Waals surface area contributed by atoms with Crippen LogP contribution in [0, 0.1) is 11.8 Å². The highest BCUT2D eigenvalue weighted by molar-refractivity contribution is 5.24.